The van der Waals surface area contributed by atoms with Crippen LogP contribution >= 0.6 is 11.6 Å². The van der Waals surface area contributed by atoms with E-state index in [0.29, 0.717) is 23.5 Å². The van der Waals surface area contributed by atoms with Gasteiger partial charge in [0.15, 0.2) is 17.2 Å². The van der Waals surface area contributed by atoms with E-state index in [9.17, 15) is 9.90 Å². The second-order valence-corrected chi connectivity index (χ2v) is 6.14. The van der Waals surface area contributed by atoms with Gasteiger partial charge in [-0.25, -0.2) is 5.43 Å². The number of hydrogen-bond donors (Lipinski definition) is 3. The van der Waals surface area contributed by atoms with Crippen LogP contribution in [-0.2, 0) is 0 Å². The zero-order valence-electron chi connectivity index (χ0n) is 15.6. The zero-order chi connectivity index (χ0) is 20.8. The number of aromatic hydroxyl groups is 1. The third-order valence-corrected chi connectivity index (χ3v) is 4.08. The maximum atomic E-state index is 12.3. The van der Waals surface area contributed by atoms with Gasteiger partial charge in [-0.2, -0.15) is 5.10 Å². The van der Waals surface area contributed by atoms with Crippen LogP contribution in [0.2, 0.25) is 5.02 Å². The molecule has 1 aromatic heterocycles. The van der Waals surface area contributed by atoms with Crippen molar-refractivity contribution in [3.8, 4) is 28.5 Å². The van der Waals surface area contributed by atoms with Crippen LogP contribution in [0.25, 0.3) is 11.3 Å². The summed E-state index contributed by atoms with van der Waals surface area (Å²) in [5, 5.41) is 21.8. The Bertz CT molecular complexity index is 1080. The first kappa shape index (κ1) is 20.2. The van der Waals surface area contributed by atoms with Crippen molar-refractivity contribution < 1.29 is 14.6 Å². The standard InChI is InChI=1S/C19H18ClN5O4/c1-3-29-15-9-11(8-14(20)17(15)26)10-21-24-19-22-18(27)16(23-25-19)12-4-6-13(28-2)7-5-12/h4-10,26H,3H2,1-2H3,(H2,22,24,25,27)/b21-10+. The Balaban J connectivity index is 1.74. The Kier molecular flexibility index (Phi) is 6.30. The Morgan fingerprint density at radius 3 is 2.69 bits per heavy atom. The first-order valence-electron chi connectivity index (χ1n) is 8.57. The molecule has 3 N–H and O–H groups in total. The quantitative estimate of drug-likeness (QED) is 0.400. The second kappa shape index (κ2) is 9.07. The van der Waals surface area contributed by atoms with E-state index in [1.54, 1.807) is 44.4 Å². The van der Waals surface area contributed by atoms with Gasteiger partial charge in [0.1, 0.15) is 5.75 Å². The number of aromatic nitrogens is 3. The van der Waals surface area contributed by atoms with E-state index in [1.807, 2.05) is 0 Å². The van der Waals surface area contributed by atoms with Crippen LogP contribution < -0.4 is 20.5 Å². The number of anilines is 1. The highest BCUT2D eigenvalue weighted by molar-refractivity contribution is 6.32. The van der Waals surface area contributed by atoms with Crippen LogP contribution in [0, 0.1) is 0 Å². The predicted octanol–water partition coefficient (Wildman–Crippen LogP) is 3.04. The molecule has 10 heteroatoms. The summed E-state index contributed by atoms with van der Waals surface area (Å²) in [7, 11) is 1.56. The first-order valence-corrected chi connectivity index (χ1v) is 8.95. The maximum absolute atomic E-state index is 12.3. The van der Waals surface area contributed by atoms with E-state index in [2.05, 4.69) is 25.7 Å². The van der Waals surface area contributed by atoms with Gasteiger partial charge in [-0.05, 0) is 48.9 Å². The fourth-order valence-electron chi connectivity index (χ4n) is 2.43. The highest BCUT2D eigenvalue weighted by Gasteiger charge is 2.09. The number of aromatic amines is 1. The van der Waals surface area contributed by atoms with Gasteiger partial charge in [0.25, 0.3) is 5.56 Å². The molecule has 0 aliphatic rings. The minimum Gasteiger partial charge on any atom is -0.503 e. The van der Waals surface area contributed by atoms with Crippen LogP contribution in [0.5, 0.6) is 17.2 Å². The minimum absolute atomic E-state index is 0.0680. The Labute approximate surface area is 171 Å². The molecule has 9 nitrogen and oxygen atoms in total. The number of nitrogens with one attached hydrogen (secondary N) is 2. The van der Waals surface area contributed by atoms with Crippen molar-refractivity contribution in [1.29, 1.82) is 0 Å². The van der Waals surface area contributed by atoms with Crippen molar-refractivity contribution in [2.75, 3.05) is 19.1 Å². The normalized spacial score (nSPS) is 10.9. The summed E-state index contributed by atoms with van der Waals surface area (Å²) in [5.74, 6) is 0.854. The molecule has 150 valence electrons. The molecule has 3 aromatic rings. The second-order valence-electron chi connectivity index (χ2n) is 5.73. The Hall–Kier alpha value is -3.59. The monoisotopic (exact) mass is 415 g/mol. The molecule has 1 heterocycles. The molecular formula is C19H18ClN5O4. The summed E-state index contributed by atoms with van der Waals surface area (Å²) >= 11 is 5.98. The lowest BCUT2D eigenvalue weighted by atomic mass is 10.1. The van der Waals surface area contributed by atoms with Gasteiger partial charge in [-0.3, -0.25) is 9.78 Å². The SMILES string of the molecule is CCOc1cc(/C=N/Nc2nnc(-c3ccc(OC)cc3)c(=O)[nH]2)cc(Cl)c1O. The number of benzene rings is 2. The van der Waals surface area contributed by atoms with Crippen LogP contribution in [0.15, 0.2) is 46.3 Å². The number of phenolic OH excluding ortho intramolecular Hbond substituents is 1. The number of hydrogen-bond acceptors (Lipinski definition) is 8. The van der Waals surface area contributed by atoms with Crippen molar-refractivity contribution in [2.24, 2.45) is 5.10 Å². The molecule has 2 aromatic carbocycles. The van der Waals surface area contributed by atoms with Crippen molar-refractivity contribution in [3.05, 3.63) is 57.3 Å². The average molecular weight is 416 g/mol. The molecule has 0 amide bonds. The number of phenols is 1. The number of ether oxygens (including phenoxy) is 2. The number of H-pyrrole nitrogens is 1. The highest BCUT2D eigenvalue weighted by atomic mass is 35.5. The van der Waals surface area contributed by atoms with Crippen molar-refractivity contribution in [2.45, 2.75) is 6.92 Å². The maximum Gasteiger partial charge on any atom is 0.279 e. The zero-order valence-corrected chi connectivity index (χ0v) is 16.4. The summed E-state index contributed by atoms with van der Waals surface area (Å²) in [6, 6.07) is 9.99. The lowest BCUT2D eigenvalue weighted by molar-refractivity contribution is 0.318. The summed E-state index contributed by atoms with van der Waals surface area (Å²) in [6.45, 7) is 2.17. The van der Waals surface area contributed by atoms with Gasteiger partial charge in [-0.15, -0.1) is 10.2 Å². The molecule has 0 radical (unpaired) electrons. The molecule has 0 fully saturated rings. The van der Waals surface area contributed by atoms with Gasteiger partial charge < -0.3 is 14.6 Å². The summed E-state index contributed by atoms with van der Waals surface area (Å²) in [4.78, 5) is 14.8. The highest BCUT2D eigenvalue weighted by Crippen LogP contribution is 2.34. The molecule has 0 aliphatic heterocycles. The van der Waals surface area contributed by atoms with E-state index < -0.39 is 5.56 Å². The van der Waals surface area contributed by atoms with Crippen LogP contribution in [0.4, 0.5) is 5.95 Å². The summed E-state index contributed by atoms with van der Waals surface area (Å²) in [5.41, 5.74) is 3.53. The fourth-order valence-corrected chi connectivity index (χ4v) is 2.65. The Morgan fingerprint density at radius 1 is 1.28 bits per heavy atom. The minimum atomic E-state index is -0.422. The van der Waals surface area contributed by atoms with Gasteiger partial charge in [0.05, 0.1) is 25.0 Å². The molecule has 29 heavy (non-hydrogen) atoms. The largest absolute Gasteiger partial charge is 0.503 e. The van der Waals surface area contributed by atoms with E-state index in [-0.39, 0.29) is 28.2 Å². The lowest BCUT2D eigenvalue weighted by Gasteiger charge is -2.08. The number of methoxy groups -OCH3 is 1. The van der Waals surface area contributed by atoms with Crippen LogP contribution in [0.1, 0.15) is 12.5 Å². The van der Waals surface area contributed by atoms with Gasteiger partial charge in [-0.1, -0.05) is 11.6 Å². The van der Waals surface area contributed by atoms with Crippen LogP contribution in [0.3, 0.4) is 0 Å². The molecule has 0 saturated carbocycles. The number of halogens is 1. The van der Waals surface area contributed by atoms with E-state index in [1.165, 1.54) is 12.3 Å². The first-order chi connectivity index (χ1) is 14.0. The molecule has 0 aliphatic carbocycles. The van der Waals surface area contributed by atoms with E-state index in [4.69, 9.17) is 21.1 Å². The molecule has 0 bridgehead atoms. The number of nitrogens with zero attached hydrogens (tertiary/aromatic N) is 3. The molecule has 0 unspecified atom stereocenters. The third-order valence-electron chi connectivity index (χ3n) is 3.80. The lowest BCUT2D eigenvalue weighted by Crippen LogP contribution is -2.15. The molecule has 0 atom stereocenters. The molecule has 3 rings (SSSR count). The third kappa shape index (κ3) is 4.82. The van der Waals surface area contributed by atoms with Gasteiger partial charge >= 0.3 is 0 Å². The average Bonchev–Trinajstić information content (AvgIpc) is 2.72. The molecular weight excluding hydrogens is 398 g/mol. The molecule has 0 spiro atoms. The predicted molar refractivity (Wildman–Crippen MR) is 110 cm³/mol. The van der Waals surface area contributed by atoms with Crippen LogP contribution in [-0.4, -0.2) is 40.2 Å². The number of hydrazone groups is 1. The summed E-state index contributed by atoms with van der Waals surface area (Å²) < 4.78 is 10.4. The molecule has 0 saturated heterocycles. The van der Waals surface area contributed by atoms with Crippen molar-refractivity contribution in [1.82, 2.24) is 15.2 Å². The Morgan fingerprint density at radius 2 is 2.03 bits per heavy atom. The van der Waals surface area contributed by atoms with E-state index >= 15 is 0 Å². The topological polar surface area (TPSA) is 122 Å². The smallest absolute Gasteiger partial charge is 0.279 e. The van der Waals surface area contributed by atoms with Crippen molar-refractivity contribution in [3.63, 3.8) is 0 Å². The van der Waals surface area contributed by atoms with Gasteiger partial charge in [0.2, 0.25) is 5.95 Å². The van der Waals surface area contributed by atoms with E-state index in [0.717, 1.165) is 0 Å². The van der Waals surface area contributed by atoms with Gasteiger partial charge in [0, 0.05) is 5.56 Å². The summed E-state index contributed by atoms with van der Waals surface area (Å²) in [6.07, 6.45) is 1.44. The van der Waals surface area contributed by atoms with Crippen molar-refractivity contribution >= 4 is 23.8 Å². The fraction of sp³-hybridized carbons (Fsp3) is 0.158. The number of rotatable bonds is 7.